The smallest absolute Gasteiger partial charge is 0.411 e. The summed E-state index contributed by atoms with van der Waals surface area (Å²) >= 11 is 0. The van der Waals surface area contributed by atoms with Gasteiger partial charge in [-0.3, -0.25) is 5.32 Å². The highest BCUT2D eigenvalue weighted by molar-refractivity contribution is 5.89. The summed E-state index contributed by atoms with van der Waals surface area (Å²) in [5, 5.41) is 2.74. The van der Waals surface area contributed by atoms with Crippen molar-refractivity contribution in [3.05, 3.63) is 65.7 Å². The van der Waals surface area contributed by atoms with Crippen molar-refractivity contribution >= 4 is 23.9 Å². The molecule has 0 aromatic heterocycles. The molecule has 0 heterocycles. The summed E-state index contributed by atoms with van der Waals surface area (Å²) in [6.45, 7) is 2.13. The lowest BCUT2D eigenvalue weighted by atomic mass is 10.1. The Hall–Kier alpha value is -2.55. The summed E-state index contributed by atoms with van der Waals surface area (Å²) in [5.41, 5.74) is 2.78. The van der Waals surface area contributed by atoms with Gasteiger partial charge in [-0.2, -0.15) is 0 Å². The third-order valence-corrected chi connectivity index (χ3v) is 2.73. The number of nitrogens with one attached hydrogen (secondary N) is 1. The maximum Gasteiger partial charge on any atom is 0.411 e. The van der Waals surface area contributed by atoms with Crippen LogP contribution in [0.3, 0.4) is 0 Å². The van der Waals surface area contributed by atoms with E-state index in [1.54, 1.807) is 6.92 Å². The number of benzene rings is 2. The van der Waals surface area contributed by atoms with Crippen molar-refractivity contribution in [2.75, 3.05) is 11.9 Å². The number of hydrogen-bond donors (Lipinski definition) is 1. The van der Waals surface area contributed by atoms with E-state index in [9.17, 15) is 4.79 Å². The van der Waals surface area contributed by atoms with E-state index in [1.807, 2.05) is 66.7 Å². The van der Waals surface area contributed by atoms with Crippen LogP contribution in [-0.2, 0) is 4.74 Å². The van der Waals surface area contributed by atoms with Gasteiger partial charge in [-0.15, -0.1) is 0 Å². The van der Waals surface area contributed by atoms with Crippen molar-refractivity contribution in [1.29, 1.82) is 0 Å². The van der Waals surface area contributed by atoms with E-state index in [0.29, 0.717) is 6.61 Å². The Morgan fingerprint density at radius 2 is 1.75 bits per heavy atom. The van der Waals surface area contributed by atoms with Gasteiger partial charge in [0, 0.05) is 0 Å². The molecule has 102 valence electrons. The fraction of sp³-hybridized carbons (Fsp3) is 0.118. The van der Waals surface area contributed by atoms with Crippen molar-refractivity contribution in [2.24, 2.45) is 0 Å². The highest BCUT2D eigenvalue weighted by Gasteiger charge is 2.04. The molecular formula is C17H17NO2. The van der Waals surface area contributed by atoms with Gasteiger partial charge in [-0.1, -0.05) is 60.7 Å². The standard InChI is InChI=1S/C17H17NO2/c1-2-20-17(19)18-16-11-7-6-10-15(16)13-12-14-8-4-3-5-9-14/h3-13H,2H2,1H3,(H,18,19). The zero-order chi connectivity index (χ0) is 14.2. The fourth-order valence-corrected chi connectivity index (χ4v) is 1.78. The first kappa shape index (κ1) is 13.9. The Morgan fingerprint density at radius 1 is 1.05 bits per heavy atom. The summed E-state index contributed by atoms with van der Waals surface area (Å²) < 4.78 is 4.89. The van der Waals surface area contributed by atoms with Gasteiger partial charge < -0.3 is 4.74 Å². The van der Waals surface area contributed by atoms with Crippen LogP contribution in [-0.4, -0.2) is 12.7 Å². The molecule has 2 aromatic rings. The molecule has 0 unspecified atom stereocenters. The van der Waals surface area contributed by atoms with Crippen molar-refractivity contribution in [3.63, 3.8) is 0 Å². The predicted octanol–water partition coefficient (Wildman–Crippen LogP) is 4.43. The molecule has 0 saturated carbocycles. The minimum absolute atomic E-state index is 0.355. The van der Waals surface area contributed by atoms with Crippen LogP contribution in [0.1, 0.15) is 18.1 Å². The largest absolute Gasteiger partial charge is 0.450 e. The molecule has 0 aliphatic rings. The number of carbonyl (C=O) groups excluding carboxylic acids is 1. The zero-order valence-electron chi connectivity index (χ0n) is 11.4. The highest BCUT2D eigenvalue weighted by Crippen LogP contribution is 2.18. The van der Waals surface area contributed by atoms with Gasteiger partial charge in [0.2, 0.25) is 0 Å². The molecular weight excluding hydrogens is 250 g/mol. The molecule has 20 heavy (non-hydrogen) atoms. The molecule has 2 aromatic carbocycles. The molecule has 1 N–H and O–H groups in total. The van der Waals surface area contributed by atoms with Crippen LogP contribution in [0.4, 0.5) is 10.5 Å². The van der Waals surface area contributed by atoms with E-state index in [1.165, 1.54) is 0 Å². The highest BCUT2D eigenvalue weighted by atomic mass is 16.5. The predicted molar refractivity (Wildman–Crippen MR) is 82.5 cm³/mol. The Bertz CT molecular complexity index is 591. The van der Waals surface area contributed by atoms with Crippen LogP contribution in [0.5, 0.6) is 0 Å². The van der Waals surface area contributed by atoms with E-state index < -0.39 is 6.09 Å². The number of hydrogen-bond acceptors (Lipinski definition) is 2. The average molecular weight is 267 g/mol. The van der Waals surface area contributed by atoms with Gasteiger partial charge in [0.05, 0.1) is 12.3 Å². The fourth-order valence-electron chi connectivity index (χ4n) is 1.78. The molecule has 2 rings (SSSR count). The number of para-hydroxylation sites is 1. The van der Waals surface area contributed by atoms with Crippen LogP contribution in [0.15, 0.2) is 54.6 Å². The number of ether oxygens (including phenoxy) is 1. The van der Waals surface area contributed by atoms with E-state index in [0.717, 1.165) is 16.8 Å². The summed E-state index contributed by atoms with van der Waals surface area (Å²) in [6.07, 6.45) is 3.54. The lowest BCUT2D eigenvalue weighted by molar-refractivity contribution is 0.168. The van der Waals surface area contributed by atoms with Crippen LogP contribution in [0.2, 0.25) is 0 Å². The van der Waals surface area contributed by atoms with E-state index in [4.69, 9.17) is 4.74 Å². The second-order valence-corrected chi connectivity index (χ2v) is 4.18. The third kappa shape index (κ3) is 3.99. The first-order chi connectivity index (χ1) is 9.79. The summed E-state index contributed by atoms with van der Waals surface area (Å²) in [5.74, 6) is 0. The van der Waals surface area contributed by atoms with E-state index in [-0.39, 0.29) is 0 Å². The summed E-state index contributed by atoms with van der Waals surface area (Å²) in [4.78, 5) is 11.5. The van der Waals surface area contributed by atoms with Crippen molar-refractivity contribution in [1.82, 2.24) is 0 Å². The molecule has 3 heteroatoms. The minimum atomic E-state index is -0.437. The van der Waals surface area contributed by atoms with Gasteiger partial charge in [0.1, 0.15) is 0 Å². The topological polar surface area (TPSA) is 38.3 Å². The Kier molecular flexibility index (Phi) is 4.95. The van der Waals surface area contributed by atoms with Crippen molar-refractivity contribution in [2.45, 2.75) is 6.92 Å². The van der Waals surface area contributed by atoms with E-state index >= 15 is 0 Å². The maximum absolute atomic E-state index is 11.5. The van der Waals surface area contributed by atoms with Gasteiger partial charge in [-0.25, -0.2) is 4.79 Å². The third-order valence-electron chi connectivity index (χ3n) is 2.73. The lowest BCUT2D eigenvalue weighted by Crippen LogP contribution is -2.13. The summed E-state index contributed by atoms with van der Waals surface area (Å²) in [6, 6.07) is 17.6. The second kappa shape index (κ2) is 7.14. The van der Waals surface area contributed by atoms with Gasteiger partial charge in [0.25, 0.3) is 0 Å². The van der Waals surface area contributed by atoms with Crippen molar-refractivity contribution in [3.8, 4) is 0 Å². The SMILES string of the molecule is CCOC(=O)Nc1ccccc1C=Cc1ccccc1. The molecule has 0 spiro atoms. The molecule has 0 bridgehead atoms. The maximum atomic E-state index is 11.5. The first-order valence-electron chi connectivity index (χ1n) is 6.55. The lowest BCUT2D eigenvalue weighted by Gasteiger charge is -2.08. The van der Waals surface area contributed by atoms with Crippen LogP contribution in [0, 0.1) is 0 Å². The van der Waals surface area contributed by atoms with E-state index in [2.05, 4.69) is 5.32 Å². The molecule has 0 fully saturated rings. The van der Waals surface area contributed by atoms with Crippen molar-refractivity contribution < 1.29 is 9.53 Å². The monoisotopic (exact) mass is 267 g/mol. The van der Waals surface area contributed by atoms with Gasteiger partial charge in [0.15, 0.2) is 0 Å². The summed E-state index contributed by atoms with van der Waals surface area (Å²) in [7, 11) is 0. The van der Waals surface area contributed by atoms with Crippen LogP contribution in [0.25, 0.3) is 12.2 Å². The molecule has 0 saturated heterocycles. The number of rotatable bonds is 4. The Balaban J connectivity index is 2.16. The Morgan fingerprint density at radius 3 is 2.50 bits per heavy atom. The molecule has 0 atom stereocenters. The normalized spacial score (nSPS) is 10.4. The number of anilines is 1. The molecule has 0 aliphatic carbocycles. The van der Waals surface area contributed by atoms with Gasteiger partial charge in [-0.05, 0) is 24.1 Å². The molecule has 1 amide bonds. The zero-order valence-corrected chi connectivity index (χ0v) is 11.4. The Labute approximate surface area is 118 Å². The first-order valence-corrected chi connectivity index (χ1v) is 6.55. The van der Waals surface area contributed by atoms with Crippen LogP contribution >= 0.6 is 0 Å². The molecule has 0 aliphatic heterocycles. The number of amides is 1. The molecule has 3 nitrogen and oxygen atoms in total. The van der Waals surface area contributed by atoms with Gasteiger partial charge >= 0.3 is 6.09 Å². The van der Waals surface area contributed by atoms with Crippen LogP contribution < -0.4 is 5.32 Å². The molecule has 0 radical (unpaired) electrons. The average Bonchev–Trinajstić information content (AvgIpc) is 2.48. The number of carbonyl (C=O) groups is 1. The minimum Gasteiger partial charge on any atom is -0.450 e. The quantitative estimate of drug-likeness (QED) is 0.832. The second-order valence-electron chi connectivity index (χ2n) is 4.18.